The van der Waals surface area contributed by atoms with E-state index in [4.69, 9.17) is 21.1 Å². The van der Waals surface area contributed by atoms with E-state index in [0.29, 0.717) is 24.5 Å². The SMILES string of the molecule is COc1ccc(CN(C(=O)Cc2ccc(Cl)cc2)[C@@H](Cc2ccccc2)C(=O)NC[C@H]2CCCO2)cc1. The van der Waals surface area contributed by atoms with Crippen molar-refractivity contribution >= 4 is 23.4 Å². The van der Waals surface area contributed by atoms with Gasteiger partial charge in [-0.2, -0.15) is 0 Å². The molecule has 0 saturated carbocycles. The highest BCUT2D eigenvalue weighted by atomic mass is 35.5. The van der Waals surface area contributed by atoms with E-state index in [1.807, 2.05) is 66.7 Å². The molecule has 1 aliphatic rings. The molecule has 3 aromatic carbocycles. The number of ether oxygens (including phenoxy) is 2. The molecule has 0 aliphatic carbocycles. The molecule has 4 rings (SSSR count). The van der Waals surface area contributed by atoms with Crippen LogP contribution in [0.4, 0.5) is 0 Å². The van der Waals surface area contributed by atoms with Crippen LogP contribution in [0.15, 0.2) is 78.9 Å². The molecule has 1 heterocycles. The molecule has 2 amide bonds. The number of carbonyl (C=O) groups is 2. The van der Waals surface area contributed by atoms with Crippen molar-refractivity contribution < 1.29 is 19.1 Å². The van der Waals surface area contributed by atoms with Crippen molar-refractivity contribution in [3.8, 4) is 5.75 Å². The Labute approximate surface area is 223 Å². The lowest BCUT2D eigenvalue weighted by Crippen LogP contribution is -2.52. The van der Waals surface area contributed by atoms with Crippen molar-refractivity contribution in [1.82, 2.24) is 10.2 Å². The number of amides is 2. The molecule has 7 heteroatoms. The van der Waals surface area contributed by atoms with E-state index in [0.717, 1.165) is 41.9 Å². The molecule has 1 fully saturated rings. The summed E-state index contributed by atoms with van der Waals surface area (Å²) in [6.45, 7) is 1.45. The standard InChI is InChI=1S/C30H33ClN2O4/c1-36-26-15-11-24(12-16-26)21-33(29(34)19-23-9-13-25(31)14-10-23)28(18-22-6-3-2-4-7-22)30(35)32-20-27-8-5-17-37-27/h2-4,6-7,9-16,27-28H,5,8,17-21H2,1H3,(H,32,35)/t27-,28+/m1/s1. The van der Waals surface area contributed by atoms with Gasteiger partial charge in [0.1, 0.15) is 11.8 Å². The second-order valence-corrected chi connectivity index (χ2v) is 9.70. The van der Waals surface area contributed by atoms with E-state index in [-0.39, 0.29) is 24.3 Å². The van der Waals surface area contributed by atoms with Gasteiger partial charge in [-0.05, 0) is 53.8 Å². The molecular weight excluding hydrogens is 488 g/mol. The fraction of sp³-hybridized carbons (Fsp3) is 0.333. The molecule has 0 unspecified atom stereocenters. The number of methoxy groups -OCH3 is 1. The van der Waals surface area contributed by atoms with E-state index in [1.165, 1.54) is 0 Å². The van der Waals surface area contributed by atoms with Gasteiger partial charge in [0.25, 0.3) is 0 Å². The van der Waals surface area contributed by atoms with Crippen molar-refractivity contribution in [3.63, 3.8) is 0 Å². The molecule has 37 heavy (non-hydrogen) atoms. The van der Waals surface area contributed by atoms with E-state index < -0.39 is 6.04 Å². The first-order chi connectivity index (χ1) is 18.0. The van der Waals surface area contributed by atoms with Gasteiger partial charge in [-0.1, -0.05) is 66.2 Å². The predicted molar refractivity (Wildman–Crippen MR) is 145 cm³/mol. The molecule has 0 aromatic heterocycles. The Hall–Kier alpha value is -3.35. The van der Waals surface area contributed by atoms with Crippen molar-refractivity contribution in [1.29, 1.82) is 0 Å². The summed E-state index contributed by atoms with van der Waals surface area (Å²) < 4.78 is 11.0. The highest BCUT2D eigenvalue weighted by molar-refractivity contribution is 6.30. The monoisotopic (exact) mass is 520 g/mol. The second-order valence-electron chi connectivity index (χ2n) is 9.26. The van der Waals surface area contributed by atoms with Crippen LogP contribution >= 0.6 is 11.6 Å². The first kappa shape index (κ1) is 26.7. The molecule has 1 saturated heterocycles. The Morgan fingerprint density at radius 1 is 1.00 bits per heavy atom. The number of rotatable bonds is 11. The molecule has 2 atom stereocenters. The minimum Gasteiger partial charge on any atom is -0.497 e. The summed E-state index contributed by atoms with van der Waals surface area (Å²) in [4.78, 5) is 29.1. The van der Waals surface area contributed by atoms with Gasteiger partial charge in [0.05, 0.1) is 19.6 Å². The van der Waals surface area contributed by atoms with Crippen molar-refractivity contribution in [3.05, 3.63) is 101 Å². The summed E-state index contributed by atoms with van der Waals surface area (Å²) >= 11 is 6.04. The lowest BCUT2D eigenvalue weighted by atomic mass is 10.0. The predicted octanol–water partition coefficient (Wildman–Crippen LogP) is 4.83. The molecule has 3 aromatic rings. The van der Waals surface area contributed by atoms with E-state index in [1.54, 1.807) is 24.1 Å². The van der Waals surface area contributed by atoms with Crippen LogP contribution in [0.2, 0.25) is 5.02 Å². The Bertz CT molecular complexity index is 1150. The van der Waals surface area contributed by atoms with Crippen LogP contribution in [-0.4, -0.2) is 49.1 Å². The van der Waals surface area contributed by atoms with Gasteiger partial charge >= 0.3 is 0 Å². The number of carbonyl (C=O) groups excluding carboxylic acids is 2. The summed E-state index contributed by atoms with van der Waals surface area (Å²) in [5.41, 5.74) is 2.74. The van der Waals surface area contributed by atoms with Gasteiger partial charge < -0.3 is 19.7 Å². The van der Waals surface area contributed by atoms with Crippen LogP contribution in [0.25, 0.3) is 0 Å². The number of nitrogens with one attached hydrogen (secondary N) is 1. The van der Waals surface area contributed by atoms with Gasteiger partial charge in [-0.3, -0.25) is 9.59 Å². The Kier molecular flexibility index (Phi) is 9.58. The zero-order valence-electron chi connectivity index (χ0n) is 21.1. The quantitative estimate of drug-likeness (QED) is 0.393. The maximum Gasteiger partial charge on any atom is 0.243 e. The lowest BCUT2D eigenvalue weighted by Gasteiger charge is -2.32. The van der Waals surface area contributed by atoms with Gasteiger partial charge in [-0.15, -0.1) is 0 Å². The first-order valence-electron chi connectivity index (χ1n) is 12.6. The maximum absolute atomic E-state index is 13.8. The minimum absolute atomic E-state index is 0.0149. The van der Waals surface area contributed by atoms with Crippen LogP contribution in [-0.2, 0) is 33.7 Å². The van der Waals surface area contributed by atoms with Crippen LogP contribution < -0.4 is 10.1 Å². The summed E-state index contributed by atoms with van der Waals surface area (Å²) in [6, 6.07) is 23.9. The summed E-state index contributed by atoms with van der Waals surface area (Å²) in [6.07, 6.45) is 2.51. The summed E-state index contributed by atoms with van der Waals surface area (Å²) in [5.74, 6) is 0.418. The zero-order chi connectivity index (χ0) is 26.0. The third-order valence-corrected chi connectivity index (χ3v) is 6.83. The van der Waals surface area contributed by atoms with E-state index in [2.05, 4.69) is 5.32 Å². The number of hydrogen-bond donors (Lipinski definition) is 1. The molecule has 194 valence electrons. The number of hydrogen-bond acceptors (Lipinski definition) is 4. The van der Waals surface area contributed by atoms with E-state index in [9.17, 15) is 9.59 Å². The maximum atomic E-state index is 13.8. The zero-order valence-corrected chi connectivity index (χ0v) is 21.8. The lowest BCUT2D eigenvalue weighted by molar-refractivity contribution is -0.141. The van der Waals surface area contributed by atoms with Crippen LogP contribution in [0, 0.1) is 0 Å². The topological polar surface area (TPSA) is 67.9 Å². The van der Waals surface area contributed by atoms with Crippen molar-refractivity contribution in [2.45, 2.75) is 44.4 Å². The third kappa shape index (κ3) is 7.81. The van der Waals surface area contributed by atoms with Crippen LogP contribution in [0.3, 0.4) is 0 Å². The number of benzene rings is 3. The van der Waals surface area contributed by atoms with Crippen LogP contribution in [0.5, 0.6) is 5.75 Å². The molecule has 6 nitrogen and oxygen atoms in total. The minimum atomic E-state index is -0.689. The van der Waals surface area contributed by atoms with Crippen molar-refractivity contribution in [2.24, 2.45) is 0 Å². The molecule has 1 N–H and O–H groups in total. The molecular formula is C30H33ClN2O4. The average molecular weight is 521 g/mol. The molecule has 0 spiro atoms. The number of nitrogens with zero attached hydrogens (tertiary/aromatic N) is 1. The summed E-state index contributed by atoms with van der Waals surface area (Å²) in [7, 11) is 1.62. The third-order valence-electron chi connectivity index (χ3n) is 6.58. The van der Waals surface area contributed by atoms with Gasteiger partial charge in [0.2, 0.25) is 11.8 Å². The average Bonchev–Trinajstić information content (AvgIpc) is 3.45. The molecule has 0 radical (unpaired) electrons. The van der Waals surface area contributed by atoms with Gasteiger partial charge in [0, 0.05) is 31.1 Å². The summed E-state index contributed by atoms with van der Waals surface area (Å²) in [5, 5.41) is 3.67. The van der Waals surface area contributed by atoms with E-state index >= 15 is 0 Å². The molecule has 0 bridgehead atoms. The fourth-order valence-corrected chi connectivity index (χ4v) is 4.62. The molecule has 1 aliphatic heterocycles. The first-order valence-corrected chi connectivity index (χ1v) is 13.0. The van der Waals surface area contributed by atoms with Crippen LogP contribution in [0.1, 0.15) is 29.5 Å². The van der Waals surface area contributed by atoms with Crippen molar-refractivity contribution in [2.75, 3.05) is 20.3 Å². The van der Waals surface area contributed by atoms with Gasteiger partial charge in [0.15, 0.2) is 0 Å². The largest absolute Gasteiger partial charge is 0.497 e. The second kappa shape index (κ2) is 13.3. The highest BCUT2D eigenvalue weighted by Crippen LogP contribution is 2.20. The smallest absolute Gasteiger partial charge is 0.243 e. The number of halogens is 1. The Balaban J connectivity index is 1.61. The van der Waals surface area contributed by atoms with Gasteiger partial charge in [-0.25, -0.2) is 0 Å². The Morgan fingerprint density at radius 2 is 1.70 bits per heavy atom. The highest BCUT2D eigenvalue weighted by Gasteiger charge is 2.31. The fourth-order valence-electron chi connectivity index (χ4n) is 4.50. The Morgan fingerprint density at radius 3 is 2.35 bits per heavy atom. The normalized spacial score (nSPS) is 15.7.